The fraction of sp³-hybridized carbons (Fsp3) is 0. The molecule has 1 aromatic heterocycles. The van der Waals surface area contributed by atoms with E-state index in [0.717, 1.165) is 10.8 Å². The van der Waals surface area contributed by atoms with Crippen LogP contribution < -0.4 is 5.43 Å². The van der Waals surface area contributed by atoms with Crippen LogP contribution in [0.25, 0.3) is 10.8 Å². The molecule has 0 saturated heterocycles. The van der Waals surface area contributed by atoms with Gasteiger partial charge < -0.3 is 5.11 Å². The van der Waals surface area contributed by atoms with Crippen LogP contribution in [0, 0.1) is 3.57 Å². The summed E-state index contributed by atoms with van der Waals surface area (Å²) in [5, 5.41) is 22.1. The molecule has 7 heteroatoms. The molecule has 0 aliphatic heterocycles. The van der Waals surface area contributed by atoms with E-state index in [1.165, 1.54) is 6.21 Å². The molecular formula is C15H11IN4O2. The maximum absolute atomic E-state index is 11.9. The van der Waals surface area contributed by atoms with Gasteiger partial charge in [-0.15, -0.1) is 0 Å². The van der Waals surface area contributed by atoms with Crippen molar-refractivity contribution >= 4 is 45.5 Å². The average Bonchev–Trinajstić information content (AvgIpc) is 2.95. The van der Waals surface area contributed by atoms with Crippen LogP contribution in [0.4, 0.5) is 0 Å². The van der Waals surface area contributed by atoms with Gasteiger partial charge in [-0.2, -0.15) is 10.2 Å². The molecule has 6 nitrogen and oxygen atoms in total. The maximum atomic E-state index is 11.9. The standard InChI is InChI=1S/C15H11IN4O2/c16-12-8-18-19-14(12)15(22)20-17-7-11-10-4-2-1-3-9(10)5-6-13(11)21/h1-8,21H,(H,18,19)(H,20,22)/b17-7+. The molecule has 22 heavy (non-hydrogen) atoms. The predicted molar refractivity (Wildman–Crippen MR) is 92.0 cm³/mol. The zero-order valence-corrected chi connectivity index (χ0v) is 13.4. The van der Waals surface area contributed by atoms with Gasteiger partial charge in [-0.25, -0.2) is 5.43 Å². The number of hydrogen-bond donors (Lipinski definition) is 3. The van der Waals surface area contributed by atoms with Gasteiger partial charge in [0.25, 0.3) is 5.91 Å². The number of carbonyl (C=O) groups excluding carboxylic acids is 1. The SMILES string of the molecule is O=C(N/N=C/c1c(O)ccc2ccccc12)c1[nH]ncc1I. The minimum absolute atomic E-state index is 0.104. The van der Waals surface area contributed by atoms with Crippen molar-refractivity contribution in [2.24, 2.45) is 5.10 Å². The topological polar surface area (TPSA) is 90.4 Å². The summed E-state index contributed by atoms with van der Waals surface area (Å²) >= 11 is 2.00. The van der Waals surface area contributed by atoms with Crippen molar-refractivity contribution in [3.05, 3.63) is 57.4 Å². The molecule has 3 N–H and O–H groups in total. The molecular weight excluding hydrogens is 395 g/mol. The van der Waals surface area contributed by atoms with E-state index in [-0.39, 0.29) is 5.75 Å². The highest BCUT2D eigenvalue weighted by Crippen LogP contribution is 2.25. The van der Waals surface area contributed by atoms with Gasteiger partial charge >= 0.3 is 0 Å². The number of phenolic OH excluding ortho intramolecular Hbond substituents is 1. The molecule has 0 radical (unpaired) electrons. The molecule has 0 spiro atoms. The Hall–Kier alpha value is -2.42. The van der Waals surface area contributed by atoms with Gasteiger partial charge in [0.2, 0.25) is 0 Å². The summed E-state index contributed by atoms with van der Waals surface area (Å²) in [6, 6.07) is 11.1. The summed E-state index contributed by atoms with van der Waals surface area (Å²) in [6.07, 6.45) is 2.98. The van der Waals surface area contributed by atoms with E-state index in [1.807, 2.05) is 52.9 Å². The molecule has 0 bridgehead atoms. The third-order valence-corrected chi connectivity index (χ3v) is 3.95. The third kappa shape index (κ3) is 2.80. The summed E-state index contributed by atoms with van der Waals surface area (Å²) in [5.41, 5.74) is 3.31. The number of nitrogens with zero attached hydrogens (tertiary/aromatic N) is 2. The number of fused-ring (bicyclic) bond motifs is 1. The molecule has 3 rings (SSSR count). The molecule has 2 aromatic carbocycles. The molecule has 1 heterocycles. The minimum Gasteiger partial charge on any atom is -0.507 e. The molecule has 0 unspecified atom stereocenters. The number of hydrazone groups is 1. The number of aromatic amines is 1. The van der Waals surface area contributed by atoms with Gasteiger partial charge in [0.1, 0.15) is 11.4 Å². The second-order valence-electron chi connectivity index (χ2n) is 4.51. The fourth-order valence-corrected chi connectivity index (χ4v) is 2.57. The van der Waals surface area contributed by atoms with Crippen LogP contribution >= 0.6 is 22.6 Å². The lowest BCUT2D eigenvalue weighted by atomic mass is 10.0. The number of phenols is 1. The van der Waals surface area contributed by atoms with Crippen LogP contribution in [-0.2, 0) is 0 Å². The Labute approximate surface area is 139 Å². The molecule has 1 amide bonds. The van der Waals surface area contributed by atoms with E-state index in [4.69, 9.17) is 0 Å². The van der Waals surface area contributed by atoms with Crippen molar-refractivity contribution in [3.63, 3.8) is 0 Å². The first-order valence-electron chi connectivity index (χ1n) is 6.40. The lowest BCUT2D eigenvalue weighted by Crippen LogP contribution is -2.19. The number of rotatable bonds is 3. The van der Waals surface area contributed by atoms with Crippen LogP contribution in [0.3, 0.4) is 0 Å². The Kier molecular flexibility index (Phi) is 4.05. The minimum atomic E-state index is -0.391. The summed E-state index contributed by atoms with van der Waals surface area (Å²) in [7, 11) is 0. The van der Waals surface area contributed by atoms with Crippen LogP contribution in [-0.4, -0.2) is 27.4 Å². The van der Waals surface area contributed by atoms with Crippen LogP contribution in [0.2, 0.25) is 0 Å². The summed E-state index contributed by atoms with van der Waals surface area (Å²) < 4.78 is 0.707. The largest absolute Gasteiger partial charge is 0.507 e. The van der Waals surface area contributed by atoms with Gasteiger partial charge in [0, 0.05) is 5.56 Å². The smallest absolute Gasteiger partial charge is 0.290 e. The maximum Gasteiger partial charge on any atom is 0.290 e. The van der Waals surface area contributed by atoms with Gasteiger partial charge in [-0.3, -0.25) is 9.89 Å². The average molecular weight is 406 g/mol. The molecule has 0 aliphatic carbocycles. The monoisotopic (exact) mass is 406 g/mol. The Bertz CT molecular complexity index is 873. The van der Waals surface area contributed by atoms with Crippen molar-refractivity contribution in [2.45, 2.75) is 0 Å². The molecule has 0 atom stereocenters. The van der Waals surface area contributed by atoms with E-state index >= 15 is 0 Å². The van der Waals surface area contributed by atoms with E-state index in [2.05, 4.69) is 20.7 Å². The number of H-pyrrole nitrogens is 1. The van der Waals surface area contributed by atoms with Crippen molar-refractivity contribution in [1.82, 2.24) is 15.6 Å². The quantitative estimate of drug-likeness (QED) is 0.355. The molecule has 110 valence electrons. The zero-order chi connectivity index (χ0) is 15.5. The van der Waals surface area contributed by atoms with Crippen molar-refractivity contribution < 1.29 is 9.90 Å². The van der Waals surface area contributed by atoms with E-state index in [9.17, 15) is 9.90 Å². The number of carbonyl (C=O) groups is 1. The Morgan fingerprint density at radius 1 is 1.32 bits per heavy atom. The van der Waals surface area contributed by atoms with Crippen molar-refractivity contribution in [3.8, 4) is 5.75 Å². The van der Waals surface area contributed by atoms with Crippen LogP contribution in [0.1, 0.15) is 16.1 Å². The highest BCUT2D eigenvalue weighted by Gasteiger charge is 2.11. The van der Waals surface area contributed by atoms with Gasteiger partial charge in [0.05, 0.1) is 16.0 Å². The predicted octanol–water partition coefficient (Wildman–Crippen LogP) is 2.64. The fourth-order valence-electron chi connectivity index (χ4n) is 2.06. The number of benzene rings is 2. The summed E-state index contributed by atoms with van der Waals surface area (Å²) in [4.78, 5) is 11.9. The molecule has 0 fully saturated rings. The van der Waals surface area contributed by atoms with Crippen molar-refractivity contribution in [2.75, 3.05) is 0 Å². The van der Waals surface area contributed by atoms with E-state index in [0.29, 0.717) is 14.8 Å². The number of hydrogen-bond acceptors (Lipinski definition) is 4. The normalized spacial score (nSPS) is 11.1. The van der Waals surface area contributed by atoms with Crippen molar-refractivity contribution in [1.29, 1.82) is 0 Å². The lowest BCUT2D eigenvalue weighted by Gasteiger charge is -2.04. The third-order valence-electron chi connectivity index (χ3n) is 3.13. The lowest BCUT2D eigenvalue weighted by molar-refractivity contribution is 0.0949. The number of aromatic nitrogens is 2. The zero-order valence-electron chi connectivity index (χ0n) is 11.2. The van der Waals surface area contributed by atoms with Crippen LogP contribution in [0.15, 0.2) is 47.7 Å². The number of halogens is 1. The first-order valence-corrected chi connectivity index (χ1v) is 7.47. The number of amides is 1. The Morgan fingerprint density at radius 2 is 2.14 bits per heavy atom. The molecule has 0 saturated carbocycles. The highest BCUT2D eigenvalue weighted by atomic mass is 127. The second kappa shape index (κ2) is 6.14. The first-order chi connectivity index (χ1) is 10.7. The summed E-state index contributed by atoms with van der Waals surface area (Å²) in [5.74, 6) is -0.286. The molecule has 3 aromatic rings. The van der Waals surface area contributed by atoms with Gasteiger partial charge in [0.15, 0.2) is 0 Å². The van der Waals surface area contributed by atoms with Gasteiger partial charge in [-0.1, -0.05) is 30.3 Å². The second-order valence-corrected chi connectivity index (χ2v) is 5.67. The number of nitrogens with one attached hydrogen (secondary N) is 2. The van der Waals surface area contributed by atoms with E-state index in [1.54, 1.807) is 12.3 Å². The molecule has 0 aliphatic rings. The Morgan fingerprint density at radius 3 is 2.91 bits per heavy atom. The Balaban J connectivity index is 1.86. The van der Waals surface area contributed by atoms with Crippen LogP contribution in [0.5, 0.6) is 5.75 Å². The highest BCUT2D eigenvalue weighted by molar-refractivity contribution is 14.1. The number of aromatic hydroxyl groups is 1. The summed E-state index contributed by atoms with van der Waals surface area (Å²) in [6.45, 7) is 0. The van der Waals surface area contributed by atoms with Gasteiger partial charge in [-0.05, 0) is 39.4 Å². The first kappa shape index (κ1) is 14.5. The van der Waals surface area contributed by atoms with E-state index < -0.39 is 5.91 Å².